The van der Waals surface area contributed by atoms with E-state index in [0.29, 0.717) is 29.9 Å². The molecule has 3 amide bonds. The van der Waals surface area contributed by atoms with Crippen molar-refractivity contribution in [3.8, 4) is 5.69 Å². The van der Waals surface area contributed by atoms with Gasteiger partial charge in [-0.3, -0.25) is 19.7 Å². The molecule has 4 rings (SSSR count). The van der Waals surface area contributed by atoms with E-state index in [0.717, 1.165) is 5.56 Å². The minimum atomic E-state index is -0.733. The van der Waals surface area contributed by atoms with E-state index in [1.807, 2.05) is 6.07 Å². The monoisotopic (exact) mass is 355 g/mol. The minimum Gasteiger partial charge on any atom is -0.387 e. The van der Waals surface area contributed by atoms with Crippen molar-refractivity contribution in [1.29, 1.82) is 0 Å². The number of aliphatic hydroxyl groups excluding tert-OH is 1. The molecule has 2 aliphatic heterocycles. The molecule has 9 nitrogen and oxygen atoms in total. The molecule has 1 fully saturated rings. The Morgan fingerprint density at radius 2 is 2.12 bits per heavy atom. The first-order valence-corrected chi connectivity index (χ1v) is 8.32. The standard InChI is InChI=1S/C17H17N5O4/c1-9(23)13-8-22(20-19-13)11-3-2-10-7-21(17(26)12(10)6-11)14-4-5-15(24)18-16(14)25/h2-3,6,8-9,14,23H,4-5,7H2,1H3,(H,18,24,25). The number of rotatable bonds is 3. The Bertz CT molecular complexity index is 920. The normalized spacial score (nSPS) is 20.9. The molecule has 134 valence electrons. The molecule has 2 N–H and O–H groups in total. The molecule has 0 bridgehead atoms. The van der Waals surface area contributed by atoms with Crippen LogP contribution < -0.4 is 5.32 Å². The summed E-state index contributed by atoms with van der Waals surface area (Å²) in [7, 11) is 0. The summed E-state index contributed by atoms with van der Waals surface area (Å²) in [5.41, 5.74) is 2.39. The van der Waals surface area contributed by atoms with Crippen molar-refractivity contribution in [3.63, 3.8) is 0 Å². The van der Waals surface area contributed by atoms with Crippen molar-refractivity contribution < 1.29 is 19.5 Å². The molecule has 1 aromatic heterocycles. The molecular weight excluding hydrogens is 338 g/mol. The van der Waals surface area contributed by atoms with Gasteiger partial charge in [0, 0.05) is 18.5 Å². The fourth-order valence-corrected chi connectivity index (χ4v) is 3.28. The van der Waals surface area contributed by atoms with Crippen molar-refractivity contribution in [2.45, 2.75) is 38.5 Å². The molecule has 26 heavy (non-hydrogen) atoms. The first-order chi connectivity index (χ1) is 12.4. The van der Waals surface area contributed by atoms with E-state index in [9.17, 15) is 19.5 Å². The van der Waals surface area contributed by atoms with E-state index in [1.54, 1.807) is 25.3 Å². The number of nitrogens with zero attached hydrogens (tertiary/aromatic N) is 4. The van der Waals surface area contributed by atoms with Crippen LogP contribution in [0.1, 0.15) is 47.5 Å². The number of carbonyl (C=O) groups excluding carboxylic acids is 3. The summed E-state index contributed by atoms with van der Waals surface area (Å²) in [5, 5.41) is 19.7. The van der Waals surface area contributed by atoms with Gasteiger partial charge in [0.15, 0.2) is 0 Å². The largest absolute Gasteiger partial charge is 0.387 e. The highest BCUT2D eigenvalue weighted by Gasteiger charge is 2.39. The summed E-state index contributed by atoms with van der Waals surface area (Å²) < 4.78 is 1.49. The maximum atomic E-state index is 12.8. The van der Waals surface area contributed by atoms with Gasteiger partial charge in [0.25, 0.3) is 5.91 Å². The summed E-state index contributed by atoms with van der Waals surface area (Å²) in [6.45, 7) is 1.93. The number of imide groups is 1. The van der Waals surface area contributed by atoms with Crippen molar-refractivity contribution in [3.05, 3.63) is 41.2 Å². The second kappa shape index (κ2) is 6.03. The number of aromatic nitrogens is 3. The third-order valence-electron chi connectivity index (χ3n) is 4.72. The maximum absolute atomic E-state index is 12.8. The fourth-order valence-electron chi connectivity index (χ4n) is 3.28. The van der Waals surface area contributed by atoms with Crippen LogP contribution in [0.15, 0.2) is 24.4 Å². The lowest BCUT2D eigenvalue weighted by atomic mass is 10.0. The number of fused-ring (bicyclic) bond motifs is 1. The van der Waals surface area contributed by atoms with E-state index in [4.69, 9.17) is 0 Å². The van der Waals surface area contributed by atoms with E-state index >= 15 is 0 Å². The second-order valence-electron chi connectivity index (χ2n) is 6.51. The van der Waals surface area contributed by atoms with Gasteiger partial charge in [-0.2, -0.15) is 0 Å². The van der Waals surface area contributed by atoms with Crippen LogP contribution in [0, 0.1) is 0 Å². The van der Waals surface area contributed by atoms with Crippen molar-refractivity contribution in [2.24, 2.45) is 0 Å². The van der Waals surface area contributed by atoms with Crippen LogP contribution in [-0.4, -0.2) is 48.8 Å². The summed E-state index contributed by atoms with van der Waals surface area (Å²) >= 11 is 0. The molecule has 1 saturated heterocycles. The molecule has 1 aromatic carbocycles. The lowest BCUT2D eigenvalue weighted by Gasteiger charge is -2.29. The van der Waals surface area contributed by atoms with Crippen molar-refractivity contribution >= 4 is 17.7 Å². The SMILES string of the molecule is CC(O)c1cn(-c2ccc3c(c2)C(=O)N(C2CCC(=O)NC2=O)C3)nn1. The molecule has 9 heteroatoms. The number of benzene rings is 1. The van der Waals surface area contributed by atoms with E-state index in [-0.39, 0.29) is 18.2 Å². The molecule has 0 saturated carbocycles. The van der Waals surface area contributed by atoms with Crippen LogP contribution in [0.3, 0.4) is 0 Å². The zero-order chi connectivity index (χ0) is 18.4. The smallest absolute Gasteiger partial charge is 0.255 e. The Hall–Kier alpha value is -3.07. The maximum Gasteiger partial charge on any atom is 0.255 e. The van der Waals surface area contributed by atoms with Gasteiger partial charge in [-0.25, -0.2) is 4.68 Å². The van der Waals surface area contributed by atoms with Crippen LogP contribution in [0.4, 0.5) is 0 Å². The van der Waals surface area contributed by atoms with E-state index in [2.05, 4.69) is 15.6 Å². The predicted octanol–water partition coefficient (Wildman–Crippen LogP) is 0.0816. The Balaban J connectivity index is 1.61. The number of hydrogen-bond acceptors (Lipinski definition) is 6. The van der Waals surface area contributed by atoms with Gasteiger partial charge in [-0.1, -0.05) is 11.3 Å². The highest BCUT2D eigenvalue weighted by molar-refractivity contribution is 6.05. The minimum absolute atomic E-state index is 0.225. The second-order valence-corrected chi connectivity index (χ2v) is 6.51. The van der Waals surface area contributed by atoms with Gasteiger partial charge < -0.3 is 10.0 Å². The molecule has 3 heterocycles. The molecular formula is C17H17N5O4. The first kappa shape index (κ1) is 16.4. The van der Waals surface area contributed by atoms with Crippen LogP contribution in [0.5, 0.6) is 0 Å². The molecule has 2 aliphatic rings. The zero-order valence-corrected chi connectivity index (χ0v) is 14.0. The average molecular weight is 355 g/mol. The van der Waals surface area contributed by atoms with Crippen LogP contribution >= 0.6 is 0 Å². The molecule has 2 unspecified atom stereocenters. The Morgan fingerprint density at radius 1 is 1.31 bits per heavy atom. The number of nitrogens with one attached hydrogen (secondary N) is 1. The van der Waals surface area contributed by atoms with Gasteiger partial charge in [0.05, 0.1) is 18.0 Å². The van der Waals surface area contributed by atoms with Crippen molar-refractivity contribution in [1.82, 2.24) is 25.2 Å². The fraction of sp³-hybridized carbons (Fsp3) is 0.353. The van der Waals surface area contributed by atoms with Gasteiger partial charge in [-0.15, -0.1) is 5.10 Å². The van der Waals surface area contributed by atoms with Gasteiger partial charge in [0.2, 0.25) is 11.8 Å². The Morgan fingerprint density at radius 3 is 2.81 bits per heavy atom. The predicted molar refractivity (Wildman–Crippen MR) is 88.0 cm³/mol. The highest BCUT2D eigenvalue weighted by atomic mass is 16.3. The Labute approximate surface area is 148 Å². The number of amides is 3. The number of aliphatic hydroxyl groups is 1. The Kier molecular flexibility index (Phi) is 3.80. The van der Waals surface area contributed by atoms with Crippen LogP contribution in [0.25, 0.3) is 5.69 Å². The number of hydrogen-bond donors (Lipinski definition) is 2. The van der Waals surface area contributed by atoms with Gasteiger partial charge >= 0.3 is 0 Å². The summed E-state index contributed by atoms with van der Waals surface area (Å²) in [6, 6.07) is 4.69. The topological polar surface area (TPSA) is 117 Å². The van der Waals surface area contributed by atoms with Crippen LogP contribution in [0.2, 0.25) is 0 Å². The highest BCUT2D eigenvalue weighted by Crippen LogP contribution is 2.29. The van der Waals surface area contributed by atoms with E-state index in [1.165, 1.54) is 9.58 Å². The number of piperidine rings is 1. The van der Waals surface area contributed by atoms with Gasteiger partial charge in [0.1, 0.15) is 11.7 Å². The van der Waals surface area contributed by atoms with Crippen molar-refractivity contribution in [2.75, 3.05) is 0 Å². The van der Waals surface area contributed by atoms with E-state index < -0.39 is 18.1 Å². The molecule has 2 atom stereocenters. The lowest BCUT2D eigenvalue weighted by molar-refractivity contribution is -0.136. The summed E-state index contributed by atoms with van der Waals surface area (Å²) in [5.74, 6) is -0.981. The quantitative estimate of drug-likeness (QED) is 0.753. The summed E-state index contributed by atoms with van der Waals surface area (Å²) in [6.07, 6.45) is 1.42. The summed E-state index contributed by atoms with van der Waals surface area (Å²) in [4.78, 5) is 37.7. The lowest BCUT2D eigenvalue weighted by Crippen LogP contribution is -2.52. The van der Waals surface area contributed by atoms with Crippen LogP contribution in [-0.2, 0) is 16.1 Å². The third-order valence-corrected chi connectivity index (χ3v) is 4.72. The first-order valence-electron chi connectivity index (χ1n) is 8.32. The number of carbonyl (C=O) groups is 3. The molecule has 0 radical (unpaired) electrons. The third kappa shape index (κ3) is 2.66. The molecule has 0 spiro atoms. The van der Waals surface area contributed by atoms with Gasteiger partial charge in [-0.05, 0) is 31.0 Å². The molecule has 0 aliphatic carbocycles. The molecule has 2 aromatic rings. The average Bonchev–Trinajstić information content (AvgIpc) is 3.21. The zero-order valence-electron chi connectivity index (χ0n) is 14.0.